The summed E-state index contributed by atoms with van der Waals surface area (Å²) in [5, 5.41) is 8.42. The predicted molar refractivity (Wildman–Crippen MR) is 79.7 cm³/mol. The van der Waals surface area contributed by atoms with E-state index in [2.05, 4.69) is 24.0 Å². The second-order valence-corrected chi connectivity index (χ2v) is 6.37. The second kappa shape index (κ2) is 7.60. The fourth-order valence-corrected chi connectivity index (χ4v) is 3.96. The summed E-state index contributed by atoms with van der Waals surface area (Å²) in [5.41, 5.74) is 0. The average molecular weight is 291 g/mol. The van der Waals surface area contributed by atoms with E-state index in [-0.39, 0.29) is 5.92 Å². The van der Waals surface area contributed by atoms with Gasteiger partial charge in [-0.3, -0.25) is 0 Å². The Labute approximate surface area is 126 Å². The Morgan fingerprint density at radius 1 is 1.00 bits per heavy atom. The average Bonchev–Trinajstić information content (AvgIpc) is 2.47. The van der Waals surface area contributed by atoms with Gasteiger partial charge in [0.05, 0.1) is 5.92 Å². The van der Waals surface area contributed by atoms with Gasteiger partial charge in [0.25, 0.3) is 0 Å². The highest BCUT2D eigenvalue weighted by molar-refractivity contribution is 5.21. The molecule has 1 nitrogen and oxygen atoms in total. The first kappa shape index (κ1) is 16.0. The third-order valence-corrected chi connectivity index (χ3v) is 5.08. The highest BCUT2D eigenvalue weighted by atomic mass is 19.1. The molecule has 2 unspecified atom stereocenters. The van der Waals surface area contributed by atoms with Gasteiger partial charge in [0.2, 0.25) is 0 Å². The molecule has 2 saturated carbocycles. The Morgan fingerprint density at radius 3 is 2.14 bits per heavy atom. The van der Waals surface area contributed by atoms with E-state index >= 15 is 0 Å². The molecule has 2 fully saturated rings. The number of nitriles is 1. The molecule has 0 heterocycles. The lowest BCUT2D eigenvalue weighted by Crippen LogP contribution is -2.38. The van der Waals surface area contributed by atoms with Gasteiger partial charge in [-0.1, -0.05) is 18.1 Å². The van der Waals surface area contributed by atoms with Crippen molar-refractivity contribution in [1.29, 1.82) is 5.26 Å². The fraction of sp³-hybridized carbons (Fsp3) is 0.722. The summed E-state index contributed by atoms with van der Waals surface area (Å²) in [5.74, 6) is 4.94. The van der Waals surface area contributed by atoms with Crippen LogP contribution < -0.4 is 0 Å². The molecule has 0 radical (unpaired) electrons. The molecule has 0 aromatic rings. The van der Waals surface area contributed by atoms with Gasteiger partial charge in [0.1, 0.15) is 12.3 Å². The van der Waals surface area contributed by atoms with Crippen molar-refractivity contribution < 1.29 is 8.78 Å². The Hall–Kier alpha value is -1.35. The molecule has 114 valence electrons. The topological polar surface area (TPSA) is 23.8 Å². The van der Waals surface area contributed by atoms with Crippen LogP contribution in [-0.4, -0.2) is 12.3 Å². The van der Waals surface area contributed by atoms with Crippen LogP contribution in [0.5, 0.6) is 0 Å². The Bertz CT molecular complexity index is 448. The molecule has 3 heteroatoms. The Kier molecular flexibility index (Phi) is 5.80. The molecule has 0 aromatic heterocycles. The highest BCUT2D eigenvalue weighted by Gasteiger charge is 2.41. The SMILES string of the molecule is CC=CC1CCC(C2CC(F)C(C#CC#N)C(F)C2)CC1. The molecule has 0 aromatic carbocycles. The van der Waals surface area contributed by atoms with E-state index in [0.29, 0.717) is 24.7 Å². The molecule has 2 aliphatic carbocycles. The van der Waals surface area contributed by atoms with Crippen LogP contribution in [0, 0.1) is 46.8 Å². The normalized spacial score (nSPS) is 40.3. The minimum atomic E-state index is -1.23. The quantitative estimate of drug-likeness (QED) is 0.539. The van der Waals surface area contributed by atoms with Crippen LogP contribution in [0.1, 0.15) is 45.4 Å². The largest absolute Gasteiger partial charge is 0.246 e. The third kappa shape index (κ3) is 4.07. The van der Waals surface area contributed by atoms with Gasteiger partial charge >= 0.3 is 0 Å². The number of hydrogen-bond donors (Lipinski definition) is 0. The fourth-order valence-electron chi connectivity index (χ4n) is 3.96. The van der Waals surface area contributed by atoms with Crippen molar-refractivity contribution in [3.63, 3.8) is 0 Å². The van der Waals surface area contributed by atoms with Crippen LogP contribution in [0.15, 0.2) is 12.2 Å². The molecular weight excluding hydrogens is 268 g/mol. The van der Waals surface area contributed by atoms with Crippen molar-refractivity contribution >= 4 is 0 Å². The number of nitrogens with zero attached hydrogens (tertiary/aromatic N) is 1. The first-order chi connectivity index (χ1) is 10.2. The van der Waals surface area contributed by atoms with E-state index in [1.807, 2.05) is 6.92 Å². The summed E-state index contributed by atoms with van der Waals surface area (Å²) in [6.45, 7) is 2.04. The smallest absolute Gasteiger partial charge is 0.152 e. The molecule has 2 rings (SSSR count). The van der Waals surface area contributed by atoms with Gasteiger partial charge in [-0.2, -0.15) is 5.26 Å². The minimum Gasteiger partial charge on any atom is -0.246 e. The Morgan fingerprint density at radius 2 is 1.62 bits per heavy atom. The van der Waals surface area contributed by atoms with Gasteiger partial charge < -0.3 is 0 Å². The van der Waals surface area contributed by atoms with Crippen molar-refractivity contribution in [2.75, 3.05) is 0 Å². The number of alkyl halides is 2. The van der Waals surface area contributed by atoms with Gasteiger partial charge in [-0.15, -0.1) is 0 Å². The molecule has 0 N–H and O–H groups in total. The summed E-state index contributed by atoms with van der Waals surface area (Å²) in [7, 11) is 0. The van der Waals surface area contributed by atoms with Crippen molar-refractivity contribution in [2.45, 2.75) is 57.8 Å². The van der Waals surface area contributed by atoms with E-state index in [1.165, 1.54) is 0 Å². The number of hydrogen-bond acceptors (Lipinski definition) is 1. The van der Waals surface area contributed by atoms with Gasteiger partial charge in [0, 0.05) is 5.92 Å². The first-order valence-corrected chi connectivity index (χ1v) is 7.96. The van der Waals surface area contributed by atoms with Crippen LogP contribution in [-0.2, 0) is 0 Å². The highest BCUT2D eigenvalue weighted by Crippen LogP contribution is 2.43. The molecule has 2 atom stereocenters. The molecule has 0 aliphatic heterocycles. The molecule has 0 bridgehead atoms. The molecule has 21 heavy (non-hydrogen) atoms. The molecule has 0 saturated heterocycles. The van der Waals surface area contributed by atoms with Crippen LogP contribution in [0.2, 0.25) is 0 Å². The van der Waals surface area contributed by atoms with Crippen molar-refractivity contribution in [3.8, 4) is 17.9 Å². The third-order valence-electron chi connectivity index (χ3n) is 5.08. The Balaban J connectivity index is 1.91. The molecule has 2 aliphatic rings. The van der Waals surface area contributed by atoms with E-state index in [1.54, 1.807) is 6.07 Å². The molecule has 0 amide bonds. The zero-order chi connectivity index (χ0) is 15.2. The maximum atomic E-state index is 14.2. The summed E-state index contributed by atoms with van der Waals surface area (Å²) in [6.07, 6.45) is 7.13. The van der Waals surface area contributed by atoms with Crippen molar-refractivity contribution in [2.24, 2.45) is 23.7 Å². The van der Waals surface area contributed by atoms with E-state index < -0.39 is 18.3 Å². The van der Waals surface area contributed by atoms with Gasteiger partial charge in [-0.25, -0.2) is 8.78 Å². The van der Waals surface area contributed by atoms with E-state index in [4.69, 9.17) is 5.26 Å². The van der Waals surface area contributed by atoms with Crippen LogP contribution in [0.3, 0.4) is 0 Å². The number of rotatable bonds is 2. The van der Waals surface area contributed by atoms with Crippen LogP contribution in [0.25, 0.3) is 0 Å². The zero-order valence-corrected chi connectivity index (χ0v) is 12.6. The summed E-state index contributed by atoms with van der Waals surface area (Å²) in [6, 6.07) is 1.65. The lowest BCUT2D eigenvalue weighted by atomic mass is 9.68. The van der Waals surface area contributed by atoms with Crippen LogP contribution in [0.4, 0.5) is 8.78 Å². The number of halogens is 2. The van der Waals surface area contributed by atoms with Crippen molar-refractivity contribution in [1.82, 2.24) is 0 Å². The van der Waals surface area contributed by atoms with Gasteiger partial charge in [0.15, 0.2) is 6.07 Å². The van der Waals surface area contributed by atoms with E-state index in [0.717, 1.165) is 25.7 Å². The molecule has 0 spiro atoms. The summed E-state index contributed by atoms with van der Waals surface area (Å²) in [4.78, 5) is 0. The lowest BCUT2D eigenvalue weighted by molar-refractivity contribution is 0.0406. The molecular formula is C18H23F2N. The predicted octanol–water partition coefficient (Wildman–Crippen LogP) is 4.60. The summed E-state index contributed by atoms with van der Waals surface area (Å²) >= 11 is 0. The second-order valence-electron chi connectivity index (χ2n) is 6.37. The lowest BCUT2D eigenvalue weighted by Gasteiger charge is -2.39. The number of allylic oxidation sites excluding steroid dienone is 2. The maximum absolute atomic E-state index is 14.2. The summed E-state index contributed by atoms with van der Waals surface area (Å²) < 4.78 is 28.3. The van der Waals surface area contributed by atoms with E-state index in [9.17, 15) is 8.78 Å². The first-order valence-electron chi connectivity index (χ1n) is 7.96. The van der Waals surface area contributed by atoms with Gasteiger partial charge in [-0.05, 0) is 63.2 Å². The van der Waals surface area contributed by atoms with Crippen LogP contribution >= 0.6 is 0 Å². The van der Waals surface area contributed by atoms with Crippen molar-refractivity contribution in [3.05, 3.63) is 12.2 Å². The minimum absolute atomic E-state index is 0.140. The standard InChI is InChI=1S/C18H23F2N/c1-2-4-13-6-8-14(9-7-13)15-11-17(19)16(5-3-10-21)18(20)12-15/h2,4,13-18H,6-9,11-12H2,1H3. The zero-order valence-electron chi connectivity index (χ0n) is 12.6. The monoisotopic (exact) mass is 291 g/mol. The maximum Gasteiger partial charge on any atom is 0.152 e.